The Morgan fingerprint density at radius 3 is 1.92 bits per heavy atom. The number of aliphatic hydroxyl groups is 3. The molecule has 2 heterocycles. The maximum atomic E-state index is 14.8. The third-order valence-corrected chi connectivity index (χ3v) is 10.2. The number of nitrogens with one attached hydrogen (secondary N) is 3. The lowest BCUT2D eigenvalue weighted by Crippen LogP contribution is -2.59. The van der Waals surface area contributed by atoms with Gasteiger partial charge in [0, 0.05) is 35.9 Å². The molecule has 5 rings (SSSR count). The largest absolute Gasteiger partial charge is 0.444 e. The first-order chi connectivity index (χ1) is 25.1. The van der Waals surface area contributed by atoms with E-state index in [0.717, 1.165) is 16.7 Å². The maximum Gasteiger partial charge on any atom is 0.407 e. The van der Waals surface area contributed by atoms with Crippen LogP contribution in [0.5, 0.6) is 0 Å². The van der Waals surface area contributed by atoms with E-state index in [0.29, 0.717) is 36.8 Å². The van der Waals surface area contributed by atoms with Gasteiger partial charge in [-0.2, -0.15) is 0 Å². The zero-order chi connectivity index (χ0) is 38.4. The van der Waals surface area contributed by atoms with Crippen molar-refractivity contribution in [2.24, 2.45) is 17.6 Å². The van der Waals surface area contributed by atoms with Crippen molar-refractivity contribution in [1.82, 2.24) is 16.0 Å². The Labute approximate surface area is 313 Å². The van der Waals surface area contributed by atoms with Crippen molar-refractivity contribution in [3.63, 3.8) is 0 Å². The predicted octanol–water partition coefficient (Wildman–Crippen LogP) is 4.68. The fourth-order valence-corrected chi connectivity index (χ4v) is 7.74. The first-order valence-corrected chi connectivity index (χ1v) is 18.5. The molecule has 2 aliphatic heterocycles. The van der Waals surface area contributed by atoms with Crippen LogP contribution in [0.1, 0.15) is 64.2 Å². The number of rotatable bonds is 15. The maximum absolute atomic E-state index is 14.8. The highest BCUT2D eigenvalue weighted by atomic mass is 16.6. The summed E-state index contributed by atoms with van der Waals surface area (Å²) in [4.78, 5) is 27.9. The standard InChI is InChI=1S/C43H56N4O6/c1-28(2)23-43(37(49)33(26-46-43)32(39(44)51)21-29-15-9-6-10-16-29)34-27-45-42(38(34)50,24-31-19-13-8-14-20-31)25-36(48)35(22-30-17-11-7-12-18-30)47-40(52)53-41(3,4)5/h6-20,26-28,32,35-36,38-39,45-46,48,50-51H,21-25,44H2,1-5H3,(H,47,52)/t32-,35+,36+,38-,39+,42+,43+/m1/s1. The van der Waals surface area contributed by atoms with E-state index in [4.69, 9.17) is 10.5 Å². The van der Waals surface area contributed by atoms with Gasteiger partial charge in [-0.3, -0.25) is 4.79 Å². The highest BCUT2D eigenvalue weighted by molar-refractivity contribution is 6.08. The normalized spacial score (nSPS) is 23.7. The third-order valence-electron chi connectivity index (χ3n) is 10.2. The minimum Gasteiger partial charge on any atom is -0.444 e. The zero-order valence-corrected chi connectivity index (χ0v) is 31.5. The number of carbonyl (C=O) groups excluding carboxylic acids is 2. The minimum atomic E-state index is -1.33. The molecule has 2 aliphatic rings. The van der Waals surface area contributed by atoms with E-state index in [-0.39, 0.29) is 18.1 Å². The Balaban J connectivity index is 1.48. The van der Waals surface area contributed by atoms with E-state index in [1.807, 2.05) is 105 Å². The summed E-state index contributed by atoms with van der Waals surface area (Å²) in [7, 11) is 0. The van der Waals surface area contributed by atoms with Crippen molar-refractivity contribution in [2.75, 3.05) is 0 Å². The molecule has 7 atom stereocenters. The van der Waals surface area contributed by atoms with Crippen molar-refractivity contribution < 1.29 is 29.6 Å². The number of aliphatic hydroxyl groups excluding tert-OH is 3. The lowest BCUT2D eigenvalue weighted by molar-refractivity contribution is -0.121. The van der Waals surface area contributed by atoms with Gasteiger partial charge in [-0.05, 0) is 69.1 Å². The lowest BCUT2D eigenvalue weighted by Gasteiger charge is -2.41. The highest BCUT2D eigenvalue weighted by Crippen LogP contribution is 2.44. The van der Waals surface area contributed by atoms with Crippen molar-refractivity contribution in [1.29, 1.82) is 0 Å². The number of Topliss-reactive ketones (excluding diaryl/α,β-unsaturated/α-hetero) is 1. The topological polar surface area (TPSA) is 166 Å². The Bertz CT molecular complexity index is 1740. The number of ether oxygens (including phenoxy) is 1. The van der Waals surface area contributed by atoms with Crippen LogP contribution in [0, 0.1) is 11.8 Å². The number of hydrogen-bond acceptors (Lipinski definition) is 9. The van der Waals surface area contributed by atoms with E-state index < -0.39 is 53.2 Å². The SMILES string of the molecule is CC(C)C[C@@]1(C2=CN[C@@](Cc3ccccc3)(C[C@H](O)[C@H](Cc3ccccc3)NC(=O)OC(C)(C)C)[C@@H]2O)NC=C([C@@H](Cc2ccccc2)[C@@H](N)O)C1=O. The number of hydrogen-bond donors (Lipinski definition) is 7. The average Bonchev–Trinajstić information content (AvgIpc) is 3.58. The van der Waals surface area contributed by atoms with Gasteiger partial charge in [0.15, 0.2) is 5.78 Å². The zero-order valence-electron chi connectivity index (χ0n) is 31.5. The molecular formula is C43H56N4O6. The number of benzene rings is 3. The summed E-state index contributed by atoms with van der Waals surface area (Å²) in [6.07, 6.45) is 0.362. The minimum absolute atomic E-state index is 0.0146. The molecule has 0 saturated carbocycles. The Kier molecular flexibility index (Phi) is 12.5. The van der Waals surface area contributed by atoms with Gasteiger partial charge in [0.05, 0.1) is 17.7 Å². The molecule has 0 aliphatic carbocycles. The van der Waals surface area contributed by atoms with Crippen LogP contribution in [-0.4, -0.2) is 68.4 Å². The molecule has 10 heteroatoms. The molecule has 0 unspecified atom stereocenters. The first-order valence-electron chi connectivity index (χ1n) is 18.5. The second-order valence-electron chi connectivity index (χ2n) is 16.0. The molecule has 0 saturated heterocycles. The molecule has 1 amide bonds. The summed E-state index contributed by atoms with van der Waals surface area (Å²) in [5.74, 6) is -0.911. The van der Waals surface area contributed by atoms with Crippen LogP contribution in [0.4, 0.5) is 4.79 Å². The van der Waals surface area contributed by atoms with Crippen LogP contribution in [0.2, 0.25) is 0 Å². The first kappa shape index (κ1) is 39.7. The van der Waals surface area contributed by atoms with Crippen LogP contribution in [0.3, 0.4) is 0 Å². The molecule has 53 heavy (non-hydrogen) atoms. The number of alkyl carbamates (subject to hydrolysis) is 1. The van der Waals surface area contributed by atoms with Gasteiger partial charge in [0.2, 0.25) is 0 Å². The van der Waals surface area contributed by atoms with Gasteiger partial charge in [-0.25, -0.2) is 4.79 Å². The summed E-state index contributed by atoms with van der Waals surface area (Å²) in [5, 5.41) is 45.2. The van der Waals surface area contributed by atoms with Crippen LogP contribution in [0.25, 0.3) is 0 Å². The van der Waals surface area contributed by atoms with Crippen LogP contribution >= 0.6 is 0 Å². The number of carbonyl (C=O) groups is 2. The third kappa shape index (κ3) is 9.55. The predicted molar refractivity (Wildman–Crippen MR) is 206 cm³/mol. The van der Waals surface area contributed by atoms with Crippen LogP contribution < -0.4 is 21.7 Å². The lowest BCUT2D eigenvalue weighted by atomic mass is 9.70. The molecule has 3 aromatic rings. The van der Waals surface area contributed by atoms with E-state index in [1.54, 1.807) is 33.2 Å². The molecule has 0 aromatic heterocycles. The van der Waals surface area contributed by atoms with E-state index in [2.05, 4.69) is 16.0 Å². The number of nitrogens with two attached hydrogens (primary N) is 1. The molecule has 3 aromatic carbocycles. The molecule has 10 nitrogen and oxygen atoms in total. The number of ketones is 1. The summed E-state index contributed by atoms with van der Waals surface area (Å²) < 4.78 is 5.58. The van der Waals surface area contributed by atoms with Crippen LogP contribution in [0.15, 0.2) is 115 Å². The Morgan fingerprint density at radius 2 is 1.40 bits per heavy atom. The second kappa shape index (κ2) is 16.7. The molecule has 0 fully saturated rings. The van der Waals surface area contributed by atoms with Crippen molar-refractivity contribution in [3.05, 3.63) is 131 Å². The smallest absolute Gasteiger partial charge is 0.407 e. The van der Waals surface area contributed by atoms with Crippen molar-refractivity contribution in [3.8, 4) is 0 Å². The van der Waals surface area contributed by atoms with Crippen LogP contribution in [-0.2, 0) is 28.8 Å². The summed E-state index contributed by atoms with van der Waals surface area (Å²) in [6, 6.07) is 28.0. The second-order valence-corrected chi connectivity index (χ2v) is 16.0. The highest BCUT2D eigenvalue weighted by Gasteiger charge is 2.57. The quantitative estimate of drug-likeness (QED) is 0.110. The number of amides is 1. The summed E-state index contributed by atoms with van der Waals surface area (Å²) in [5.41, 5.74) is 6.43. The van der Waals surface area contributed by atoms with Gasteiger partial charge in [-0.1, -0.05) is 105 Å². The molecule has 0 spiro atoms. The van der Waals surface area contributed by atoms with E-state index in [9.17, 15) is 24.9 Å². The van der Waals surface area contributed by atoms with Gasteiger partial charge >= 0.3 is 6.09 Å². The summed E-state index contributed by atoms with van der Waals surface area (Å²) in [6.45, 7) is 9.36. The molecule has 8 N–H and O–H groups in total. The Morgan fingerprint density at radius 1 is 0.849 bits per heavy atom. The molecular weight excluding hydrogens is 668 g/mol. The molecule has 0 bridgehead atoms. The molecule has 0 radical (unpaired) electrons. The van der Waals surface area contributed by atoms with Gasteiger partial charge in [-0.15, -0.1) is 0 Å². The van der Waals surface area contributed by atoms with Gasteiger partial charge in [0.1, 0.15) is 23.5 Å². The van der Waals surface area contributed by atoms with E-state index >= 15 is 0 Å². The average molecular weight is 725 g/mol. The van der Waals surface area contributed by atoms with Crippen molar-refractivity contribution >= 4 is 11.9 Å². The molecule has 284 valence electrons. The van der Waals surface area contributed by atoms with Gasteiger partial charge in [0.25, 0.3) is 0 Å². The van der Waals surface area contributed by atoms with Gasteiger partial charge < -0.3 is 41.7 Å². The van der Waals surface area contributed by atoms with Crippen molar-refractivity contribution in [2.45, 2.75) is 108 Å². The summed E-state index contributed by atoms with van der Waals surface area (Å²) >= 11 is 0. The Hall–Kier alpha value is -4.48. The van der Waals surface area contributed by atoms with E-state index in [1.165, 1.54) is 0 Å². The fourth-order valence-electron chi connectivity index (χ4n) is 7.74. The monoisotopic (exact) mass is 724 g/mol. The fraction of sp³-hybridized carbons (Fsp3) is 0.442.